The van der Waals surface area contributed by atoms with Crippen LogP contribution in [0.3, 0.4) is 0 Å². The van der Waals surface area contributed by atoms with Crippen LogP contribution in [0.25, 0.3) is 0 Å². The molecule has 0 bridgehead atoms. The maximum absolute atomic E-state index is 12.0. The van der Waals surface area contributed by atoms with E-state index in [2.05, 4.69) is 20.3 Å². The Morgan fingerprint density at radius 1 is 1.12 bits per heavy atom. The Balaban J connectivity index is 1.97. The van der Waals surface area contributed by atoms with Gasteiger partial charge < -0.3 is 16.4 Å². The second kappa shape index (κ2) is 7.62. The maximum Gasteiger partial charge on any atom is 0.250 e. The van der Waals surface area contributed by atoms with E-state index in [0.717, 1.165) is 6.26 Å². The molecule has 0 aliphatic carbocycles. The Bertz CT molecular complexity index is 881. The number of para-hydroxylation sites is 2. The summed E-state index contributed by atoms with van der Waals surface area (Å²) in [4.78, 5) is 26.9. The van der Waals surface area contributed by atoms with Crippen molar-refractivity contribution in [2.24, 2.45) is 5.73 Å². The molecule has 1 heterocycles. The zero-order valence-corrected chi connectivity index (χ0v) is 14.1. The van der Waals surface area contributed by atoms with Crippen molar-refractivity contribution in [2.75, 3.05) is 28.2 Å². The predicted molar refractivity (Wildman–Crippen MR) is 94.8 cm³/mol. The lowest BCUT2D eigenvalue weighted by molar-refractivity contribution is -0.114. The number of carbonyl (C=O) groups excluding carboxylic acids is 2. The molecular formula is C15H17N5O4S. The number of rotatable bonds is 7. The van der Waals surface area contributed by atoms with E-state index in [1.807, 2.05) is 0 Å². The summed E-state index contributed by atoms with van der Waals surface area (Å²) in [5.74, 6) is -0.599. The standard InChI is InChI=1S/C15H17N5O4S/c1-25(23,24)20-12-5-3-2-4-11(12)19-14(21)9-18-13-7-6-10(8-17-13)15(16)22/h2-8,20H,9H2,1H3,(H2,16,22)(H,17,18)(H,19,21). The predicted octanol–water partition coefficient (Wildman–Crippen LogP) is 0.603. The van der Waals surface area contributed by atoms with Crippen LogP contribution in [0.5, 0.6) is 0 Å². The average molecular weight is 363 g/mol. The molecule has 2 rings (SSSR count). The minimum absolute atomic E-state index is 0.101. The Morgan fingerprint density at radius 2 is 1.80 bits per heavy atom. The van der Waals surface area contributed by atoms with Gasteiger partial charge in [-0.25, -0.2) is 13.4 Å². The van der Waals surface area contributed by atoms with E-state index in [4.69, 9.17) is 5.73 Å². The number of hydrogen-bond acceptors (Lipinski definition) is 6. The number of nitrogens with one attached hydrogen (secondary N) is 3. The number of carbonyl (C=O) groups is 2. The molecule has 0 fully saturated rings. The van der Waals surface area contributed by atoms with Crippen molar-refractivity contribution in [3.8, 4) is 0 Å². The summed E-state index contributed by atoms with van der Waals surface area (Å²) in [6.07, 6.45) is 2.32. The number of nitrogens with zero attached hydrogens (tertiary/aromatic N) is 1. The Labute approximate surface area is 144 Å². The third-order valence-electron chi connectivity index (χ3n) is 2.97. The van der Waals surface area contributed by atoms with Gasteiger partial charge in [0.25, 0.3) is 0 Å². The van der Waals surface area contributed by atoms with Crippen molar-refractivity contribution in [1.29, 1.82) is 0 Å². The summed E-state index contributed by atoms with van der Waals surface area (Å²) in [6, 6.07) is 9.43. The van der Waals surface area contributed by atoms with Crippen LogP contribution in [0.1, 0.15) is 10.4 Å². The highest BCUT2D eigenvalue weighted by atomic mass is 32.2. The van der Waals surface area contributed by atoms with Crippen molar-refractivity contribution < 1.29 is 18.0 Å². The van der Waals surface area contributed by atoms with Gasteiger partial charge in [0, 0.05) is 6.20 Å². The summed E-state index contributed by atoms with van der Waals surface area (Å²) in [5, 5.41) is 5.39. The molecule has 0 aliphatic heterocycles. The number of nitrogens with two attached hydrogens (primary N) is 1. The lowest BCUT2D eigenvalue weighted by Gasteiger charge is -2.12. The Kier molecular flexibility index (Phi) is 5.55. The second-order valence-corrected chi connectivity index (χ2v) is 6.87. The highest BCUT2D eigenvalue weighted by Gasteiger charge is 2.10. The number of anilines is 3. The SMILES string of the molecule is CS(=O)(=O)Nc1ccccc1NC(=O)CNc1ccc(C(N)=O)cn1. The van der Waals surface area contributed by atoms with Gasteiger partial charge in [0.1, 0.15) is 5.82 Å². The molecule has 0 atom stereocenters. The molecule has 9 nitrogen and oxygen atoms in total. The first kappa shape index (κ1) is 18.2. The van der Waals surface area contributed by atoms with Gasteiger partial charge in [-0.05, 0) is 24.3 Å². The van der Waals surface area contributed by atoms with Gasteiger partial charge in [-0.2, -0.15) is 0 Å². The van der Waals surface area contributed by atoms with Crippen molar-refractivity contribution in [2.45, 2.75) is 0 Å². The molecule has 132 valence electrons. The van der Waals surface area contributed by atoms with Crippen molar-refractivity contribution >= 4 is 39.0 Å². The van der Waals surface area contributed by atoms with Crippen LogP contribution in [0, 0.1) is 0 Å². The molecule has 0 unspecified atom stereocenters. The summed E-state index contributed by atoms with van der Waals surface area (Å²) in [5.41, 5.74) is 5.97. The van der Waals surface area contributed by atoms with E-state index in [0.29, 0.717) is 11.5 Å². The summed E-state index contributed by atoms with van der Waals surface area (Å²) >= 11 is 0. The average Bonchev–Trinajstić information content (AvgIpc) is 2.54. The van der Waals surface area contributed by atoms with Gasteiger partial charge in [0.15, 0.2) is 0 Å². The van der Waals surface area contributed by atoms with E-state index < -0.39 is 21.8 Å². The van der Waals surface area contributed by atoms with Crippen LogP contribution in [-0.4, -0.2) is 38.0 Å². The van der Waals surface area contributed by atoms with Gasteiger partial charge in [-0.3, -0.25) is 14.3 Å². The first-order chi connectivity index (χ1) is 11.7. The zero-order valence-electron chi connectivity index (χ0n) is 13.3. The van der Waals surface area contributed by atoms with E-state index in [9.17, 15) is 18.0 Å². The molecule has 2 aromatic rings. The lowest BCUT2D eigenvalue weighted by atomic mass is 10.2. The number of hydrogen-bond donors (Lipinski definition) is 4. The molecule has 0 radical (unpaired) electrons. The van der Waals surface area contributed by atoms with Crippen molar-refractivity contribution in [3.05, 3.63) is 48.2 Å². The number of primary amides is 1. The highest BCUT2D eigenvalue weighted by Crippen LogP contribution is 2.21. The number of amides is 2. The summed E-state index contributed by atoms with van der Waals surface area (Å²) < 4.78 is 25.0. The van der Waals surface area contributed by atoms with Crippen LogP contribution < -0.4 is 21.1 Å². The van der Waals surface area contributed by atoms with Gasteiger partial charge in [-0.15, -0.1) is 0 Å². The van der Waals surface area contributed by atoms with E-state index >= 15 is 0 Å². The van der Waals surface area contributed by atoms with E-state index in [1.165, 1.54) is 24.4 Å². The van der Waals surface area contributed by atoms with E-state index in [-0.39, 0.29) is 17.8 Å². The van der Waals surface area contributed by atoms with Gasteiger partial charge in [-0.1, -0.05) is 12.1 Å². The van der Waals surface area contributed by atoms with Crippen LogP contribution in [0.15, 0.2) is 42.6 Å². The molecule has 0 saturated carbocycles. The van der Waals surface area contributed by atoms with Gasteiger partial charge in [0.2, 0.25) is 21.8 Å². The molecule has 2 amide bonds. The molecule has 1 aromatic carbocycles. The second-order valence-electron chi connectivity index (χ2n) is 5.12. The zero-order chi connectivity index (χ0) is 18.4. The van der Waals surface area contributed by atoms with Gasteiger partial charge >= 0.3 is 0 Å². The summed E-state index contributed by atoms with van der Waals surface area (Å²) in [7, 11) is -3.47. The number of aromatic nitrogens is 1. The Morgan fingerprint density at radius 3 is 2.36 bits per heavy atom. The van der Waals surface area contributed by atoms with Crippen LogP contribution in [-0.2, 0) is 14.8 Å². The molecule has 1 aromatic heterocycles. The quantitative estimate of drug-likeness (QED) is 0.567. The minimum atomic E-state index is -3.47. The van der Waals surface area contributed by atoms with E-state index in [1.54, 1.807) is 18.2 Å². The van der Waals surface area contributed by atoms with Crippen LogP contribution in [0.4, 0.5) is 17.2 Å². The largest absolute Gasteiger partial charge is 0.366 e. The normalized spacial score (nSPS) is 10.8. The van der Waals surface area contributed by atoms with Gasteiger partial charge in [0.05, 0.1) is 29.7 Å². The minimum Gasteiger partial charge on any atom is -0.366 e. The third-order valence-corrected chi connectivity index (χ3v) is 3.57. The summed E-state index contributed by atoms with van der Waals surface area (Å²) in [6.45, 7) is -0.101. The Hall–Kier alpha value is -3.14. The number of pyridine rings is 1. The molecule has 25 heavy (non-hydrogen) atoms. The third kappa shape index (κ3) is 5.77. The first-order valence-corrected chi connectivity index (χ1v) is 9.00. The fraction of sp³-hybridized carbons (Fsp3) is 0.133. The van der Waals surface area contributed by atoms with Crippen molar-refractivity contribution in [1.82, 2.24) is 4.98 Å². The lowest BCUT2D eigenvalue weighted by Crippen LogP contribution is -2.23. The van der Waals surface area contributed by atoms with Crippen LogP contribution >= 0.6 is 0 Å². The number of benzene rings is 1. The fourth-order valence-corrected chi connectivity index (χ4v) is 2.47. The topological polar surface area (TPSA) is 143 Å². The molecule has 0 spiro atoms. The molecule has 10 heteroatoms. The highest BCUT2D eigenvalue weighted by molar-refractivity contribution is 7.92. The first-order valence-electron chi connectivity index (χ1n) is 7.11. The molecule has 5 N–H and O–H groups in total. The smallest absolute Gasteiger partial charge is 0.250 e. The fourth-order valence-electron chi connectivity index (χ4n) is 1.89. The maximum atomic E-state index is 12.0. The monoisotopic (exact) mass is 363 g/mol. The van der Waals surface area contributed by atoms with Crippen LogP contribution in [0.2, 0.25) is 0 Å². The molecular weight excluding hydrogens is 346 g/mol. The molecule has 0 aliphatic rings. The number of sulfonamides is 1. The molecule has 0 saturated heterocycles. The van der Waals surface area contributed by atoms with Crippen molar-refractivity contribution in [3.63, 3.8) is 0 Å².